The lowest BCUT2D eigenvalue weighted by atomic mass is 10.1. The molecule has 6 heteroatoms. The minimum Gasteiger partial charge on any atom is -0.420 e. The van der Waals surface area contributed by atoms with Gasteiger partial charge in [-0.3, -0.25) is 4.79 Å². The van der Waals surface area contributed by atoms with Gasteiger partial charge in [0.15, 0.2) is 0 Å². The number of rotatable bonds is 5. The van der Waals surface area contributed by atoms with Crippen LogP contribution < -0.4 is 5.32 Å². The molecular formula is C18H16FN3O2. The van der Waals surface area contributed by atoms with Crippen LogP contribution >= 0.6 is 0 Å². The molecule has 1 amide bonds. The molecule has 0 bridgehead atoms. The van der Waals surface area contributed by atoms with Gasteiger partial charge in [-0.2, -0.15) is 0 Å². The molecule has 1 heterocycles. The monoisotopic (exact) mass is 325 g/mol. The van der Waals surface area contributed by atoms with Crippen LogP contribution in [0.1, 0.15) is 17.0 Å². The summed E-state index contributed by atoms with van der Waals surface area (Å²) in [5.74, 6) is 0.0940. The van der Waals surface area contributed by atoms with Crippen molar-refractivity contribution in [3.8, 4) is 11.5 Å². The van der Waals surface area contributed by atoms with Crippen molar-refractivity contribution in [2.75, 3.05) is 0 Å². The Morgan fingerprint density at radius 2 is 1.79 bits per heavy atom. The van der Waals surface area contributed by atoms with Crippen LogP contribution in [-0.2, 0) is 17.8 Å². The first-order chi connectivity index (χ1) is 11.6. The molecule has 1 aromatic heterocycles. The lowest BCUT2D eigenvalue weighted by molar-refractivity contribution is -0.120. The smallest absolute Gasteiger partial charge is 0.247 e. The number of aryl methyl sites for hydroxylation is 1. The van der Waals surface area contributed by atoms with E-state index in [0.717, 1.165) is 16.7 Å². The Bertz CT molecular complexity index is 826. The third-order valence-corrected chi connectivity index (χ3v) is 3.48. The van der Waals surface area contributed by atoms with E-state index in [1.807, 2.05) is 31.2 Å². The van der Waals surface area contributed by atoms with E-state index in [0.29, 0.717) is 12.4 Å². The minimum absolute atomic E-state index is 0.0000556. The fourth-order valence-corrected chi connectivity index (χ4v) is 2.14. The van der Waals surface area contributed by atoms with Crippen LogP contribution in [0.3, 0.4) is 0 Å². The van der Waals surface area contributed by atoms with E-state index < -0.39 is 0 Å². The average Bonchev–Trinajstić information content (AvgIpc) is 3.03. The van der Waals surface area contributed by atoms with Crippen LogP contribution in [0.4, 0.5) is 4.39 Å². The summed E-state index contributed by atoms with van der Waals surface area (Å²) in [6.45, 7) is 2.31. The predicted octanol–water partition coefficient (Wildman–Crippen LogP) is 3.04. The summed E-state index contributed by atoms with van der Waals surface area (Å²) in [6.07, 6.45) is 0.0000556. The Balaban J connectivity index is 1.57. The standard InChI is InChI=1S/C18H16FN3O2/c1-12-2-6-14(7-3-12)18-22-21-17(24-18)10-16(23)20-11-13-4-8-15(19)9-5-13/h2-9H,10-11H2,1H3,(H,20,23). The van der Waals surface area contributed by atoms with Crippen molar-refractivity contribution in [3.05, 3.63) is 71.4 Å². The molecule has 5 nitrogen and oxygen atoms in total. The molecule has 0 unspecified atom stereocenters. The summed E-state index contributed by atoms with van der Waals surface area (Å²) in [7, 11) is 0. The summed E-state index contributed by atoms with van der Waals surface area (Å²) in [5, 5.41) is 10.6. The van der Waals surface area contributed by atoms with Crippen molar-refractivity contribution in [2.24, 2.45) is 0 Å². The number of carbonyl (C=O) groups excluding carboxylic acids is 1. The highest BCUT2D eigenvalue weighted by Gasteiger charge is 2.12. The highest BCUT2D eigenvalue weighted by molar-refractivity contribution is 5.77. The summed E-state index contributed by atoms with van der Waals surface area (Å²) < 4.78 is 18.3. The average molecular weight is 325 g/mol. The number of nitrogens with zero attached hydrogens (tertiary/aromatic N) is 2. The van der Waals surface area contributed by atoms with Crippen molar-refractivity contribution in [1.29, 1.82) is 0 Å². The fraction of sp³-hybridized carbons (Fsp3) is 0.167. The van der Waals surface area contributed by atoms with Crippen molar-refractivity contribution >= 4 is 5.91 Å². The first kappa shape index (κ1) is 15.9. The molecule has 0 aliphatic heterocycles. The maximum Gasteiger partial charge on any atom is 0.247 e. The second kappa shape index (κ2) is 7.04. The van der Waals surface area contributed by atoms with Gasteiger partial charge < -0.3 is 9.73 Å². The van der Waals surface area contributed by atoms with Gasteiger partial charge in [-0.15, -0.1) is 10.2 Å². The third-order valence-electron chi connectivity index (χ3n) is 3.48. The van der Waals surface area contributed by atoms with Crippen LogP contribution in [0.25, 0.3) is 11.5 Å². The van der Waals surface area contributed by atoms with Gasteiger partial charge >= 0.3 is 0 Å². The number of hydrogen-bond donors (Lipinski definition) is 1. The molecular weight excluding hydrogens is 309 g/mol. The van der Waals surface area contributed by atoms with Gasteiger partial charge in [0.25, 0.3) is 0 Å². The molecule has 0 aliphatic rings. The Morgan fingerprint density at radius 1 is 1.08 bits per heavy atom. The van der Waals surface area contributed by atoms with E-state index in [9.17, 15) is 9.18 Å². The zero-order valence-corrected chi connectivity index (χ0v) is 13.1. The lowest BCUT2D eigenvalue weighted by Crippen LogP contribution is -2.24. The summed E-state index contributed by atoms with van der Waals surface area (Å²) in [6, 6.07) is 13.6. The summed E-state index contributed by atoms with van der Waals surface area (Å²) >= 11 is 0. The zero-order valence-electron chi connectivity index (χ0n) is 13.1. The van der Waals surface area contributed by atoms with Gasteiger partial charge in [-0.25, -0.2) is 4.39 Å². The molecule has 0 atom stereocenters. The number of amides is 1. The Labute approximate surface area is 138 Å². The molecule has 3 rings (SSSR count). The van der Waals surface area contributed by atoms with E-state index in [1.54, 1.807) is 12.1 Å². The van der Waals surface area contributed by atoms with Gasteiger partial charge in [0, 0.05) is 12.1 Å². The number of carbonyl (C=O) groups is 1. The Kier molecular flexibility index (Phi) is 4.65. The van der Waals surface area contributed by atoms with E-state index in [1.165, 1.54) is 12.1 Å². The lowest BCUT2D eigenvalue weighted by Gasteiger charge is -2.03. The van der Waals surface area contributed by atoms with Crippen LogP contribution in [0.5, 0.6) is 0 Å². The largest absolute Gasteiger partial charge is 0.420 e. The van der Waals surface area contributed by atoms with Gasteiger partial charge in [-0.1, -0.05) is 29.8 Å². The van der Waals surface area contributed by atoms with Gasteiger partial charge in [0.2, 0.25) is 17.7 Å². The molecule has 0 saturated carbocycles. The zero-order chi connectivity index (χ0) is 16.9. The van der Waals surface area contributed by atoms with E-state index in [2.05, 4.69) is 15.5 Å². The molecule has 122 valence electrons. The van der Waals surface area contributed by atoms with Crippen molar-refractivity contribution in [2.45, 2.75) is 19.9 Å². The van der Waals surface area contributed by atoms with Crippen molar-refractivity contribution in [1.82, 2.24) is 15.5 Å². The van der Waals surface area contributed by atoms with Crippen molar-refractivity contribution < 1.29 is 13.6 Å². The first-order valence-electron chi connectivity index (χ1n) is 7.51. The van der Waals surface area contributed by atoms with E-state index >= 15 is 0 Å². The second-order valence-electron chi connectivity index (χ2n) is 5.45. The molecule has 0 fully saturated rings. The van der Waals surface area contributed by atoms with E-state index in [-0.39, 0.29) is 24.0 Å². The fourth-order valence-electron chi connectivity index (χ4n) is 2.14. The molecule has 0 saturated heterocycles. The van der Waals surface area contributed by atoms with Crippen molar-refractivity contribution in [3.63, 3.8) is 0 Å². The van der Waals surface area contributed by atoms with E-state index in [4.69, 9.17) is 4.42 Å². The number of benzene rings is 2. The molecule has 0 aliphatic carbocycles. The van der Waals surface area contributed by atoms with Gasteiger partial charge in [0.1, 0.15) is 12.2 Å². The number of halogens is 1. The highest BCUT2D eigenvalue weighted by Crippen LogP contribution is 2.18. The molecule has 3 aromatic rings. The Morgan fingerprint density at radius 3 is 2.50 bits per heavy atom. The highest BCUT2D eigenvalue weighted by atomic mass is 19.1. The topological polar surface area (TPSA) is 68.0 Å². The summed E-state index contributed by atoms with van der Waals surface area (Å²) in [4.78, 5) is 11.9. The number of hydrogen-bond acceptors (Lipinski definition) is 4. The number of aromatic nitrogens is 2. The SMILES string of the molecule is Cc1ccc(-c2nnc(CC(=O)NCc3ccc(F)cc3)o2)cc1. The molecule has 24 heavy (non-hydrogen) atoms. The van der Waals surface area contributed by atoms with Crippen LogP contribution in [0, 0.1) is 12.7 Å². The molecule has 1 N–H and O–H groups in total. The summed E-state index contributed by atoms with van der Waals surface area (Å²) in [5.41, 5.74) is 2.76. The third kappa shape index (κ3) is 4.04. The van der Waals surface area contributed by atoms with Crippen LogP contribution in [0.15, 0.2) is 52.9 Å². The maximum atomic E-state index is 12.8. The quantitative estimate of drug-likeness (QED) is 0.783. The Hall–Kier alpha value is -3.02. The number of nitrogens with one attached hydrogen (secondary N) is 1. The first-order valence-corrected chi connectivity index (χ1v) is 7.51. The predicted molar refractivity (Wildman–Crippen MR) is 86.4 cm³/mol. The molecule has 0 spiro atoms. The van der Waals surface area contributed by atoms with Crippen LogP contribution in [0.2, 0.25) is 0 Å². The second-order valence-corrected chi connectivity index (χ2v) is 5.45. The van der Waals surface area contributed by atoms with Gasteiger partial charge in [0.05, 0.1) is 0 Å². The normalized spacial score (nSPS) is 10.6. The molecule has 0 radical (unpaired) electrons. The van der Waals surface area contributed by atoms with Gasteiger partial charge in [-0.05, 0) is 36.8 Å². The minimum atomic E-state index is -0.306. The molecule has 2 aromatic carbocycles. The maximum absolute atomic E-state index is 12.8. The van der Waals surface area contributed by atoms with Crippen LogP contribution in [-0.4, -0.2) is 16.1 Å².